The lowest BCUT2D eigenvalue weighted by Gasteiger charge is -2.34. The first-order chi connectivity index (χ1) is 22.9. The Morgan fingerprint density at radius 1 is 0.391 bits per heavy atom. The van der Waals surface area contributed by atoms with Gasteiger partial charge in [0.15, 0.2) is 0 Å². The summed E-state index contributed by atoms with van der Waals surface area (Å²) in [5.74, 6) is 0. The van der Waals surface area contributed by atoms with Gasteiger partial charge in [0.25, 0.3) is 6.71 Å². The summed E-state index contributed by atoms with van der Waals surface area (Å²) in [5, 5.41) is 5.24. The zero-order valence-electron chi connectivity index (χ0n) is 24.9. The largest absolute Gasteiger partial charge is 0.311 e. The number of aromatic nitrogens is 2. The average molecular weight is 584 g/mol. The van der Waals surface area contributed by atoms with E-state index in [1.165, 1.54) is 71.4 Å². The van der Waals surface area contributed by atoms with Gasteiger partial charge >= 0.3 is 0 Å². The average Bonchev–Trinajstić information content (AvgIpc) is 3.64. The predicted molar refractivity (Wildman–Crippen MR) is 194 cm³/mol. The maximum absolute atomic E-state index is 2.53. The number of hydrogen-bond donors (Lipinski definition) is 0. The molecule has 0 N–H and O–H groups in total. The highest BCUT2D eigenvalue weighted by Gasteiger charge is 2.41. The van der Waals surface area contributed by atoms with E-state index in [1.807, 2.05) is 0 Å². The molecule has 0 atom stereocenters. The minimum absolute atomic E-state index is 0.0966. The van der Waals surface area contributed by atoms with E-state index >= 15 is 0 Å². The molecule has 3 nitrogen and oxygen atoms in total. The van der Waals surface area contributed by atoms with E-state index < -0.39 is 0 Å². The van der Waals surface area contributed by atoms with Gasteiger partial charge in [-0.1, -0.05) is 97.1 Å². The van der Waals surface area contributed by atoms with Crippen molar-refractivity contribution in [1.82, 2.24) is 9.13 Å². The Bertz CT molecular complexity index is 2660. The summed E-state index contributed by atoms with van der Waals surface area (Å²) in [6.45, 7) is 0.0966. The maximum atomic E-state index is 2.53. The summed E-state index contributed by atoms with van der Waals surface area (Å²) in [5.41, 5.74) is 15.2. The first-order valence-corrected chi connectivity index (χ1v) is 16.0. The van der Waals surface area contributed by atoms with Crippen LogP contribution in [0, 0.1) is 0 Å². The molecular weight excluding hydrogens is 557 g/mol. The molecule has 0 saturated heterocycles. The quantitative estimate of drug-likeness (QED) is 0.190. The lowest BCUT2D eigenvalue weighted by atomic mass is 9.34. The van der Waals surface area contributed by atoms with Gasteiger partial charge in [-0.3, -0.25) is 0 Å². The zero-order valence-corrected chi connectivity index (χ0v) is 24.9. The van der Waals surface area contributed by atoms with Crippen molar-refractivity contribution in [2.45, 2.75) is 0 Å². The fourth-order valence-corrected chi connectivity index (χ4v) is 8.53. The molecule has 2 aliphatic heterocycles. The van der Waals surface area contributed by atoms with Crippen molar-refractivity contribution >= 4 is 83.8 Å². The van der Waals surface area contributed by atoms with Gasteiger partial charge in [-0.15, -0.1) is 0 Å². The van der Waals surface area contributed by atoms with E-state index in [0.29, 0.717) is 0 Å². The van der Waals surface area contributed by atoms with Crippen LogP contribution in [-0.4, -0.2) is 15.8 Å². The first-order valence-electron chi connectivity index (χ1n) is 16.0. The van der Waals surface area contributed by atoms with Crippen molar-refractivity contribution in [3.63, 3.8) is 0 Å². The summed E-state index contributed by atoms with van der Waals surface area (Å²) in [7, 11) is 0. The van der Waals surface area contributed by atoms with E-state index in [0.717, 1.165) is 17.1 Å². The van der Waals surface area contributed by atoms with Gasteiger partial charge in [0.1, 0.15) is 0 Å². The number of nitrogens with zero attached hydrogens (tertiary/aromatic N) is 3. The molecule has 0 fully saturated rings. The van der Waals surface area contributed by atoms with Gasteiger partial charge in [-0.2, -0.15) is 0 Å². The summed E-state index contributed by atoms with van der Waals surface area (Å²) in [6.07, 6.45) is 0. The van der Waals surface area contributed by atoms with Crippen LogP contribution in [0.4, 0.5) is 17.1 Å². The van der Waals surface area contributed by atoms with Crippen LogP contribution in [0.1, 0.15) is 0 Å². The van der Waals surface area contributed by atoms with E-state index in [-0.39, 0.29) is 6.71 Å². The van der Waals surface area contributed by atoms with Crippen LogP contribution in [0.3, 0.4) is 0 Å². The van der Waals surface area contributed by atoms with Crippen LogP contribution in [0.25, 0.3) is 55.0 Å². The van der Waals surface area contributed by atoms with Gasteiger partial charge in [-0.25, -0.2) is 0 Å². The molecule has 7 aromatic carbocycles. The number of anilines is 3. The standard InChI is InChI=1S/C42H26BN3/c1-3-12-27(13-4-1)44(28-14-5-2-6-15-28)29-22-24-38-35(26-29)43-34-19-11-18-32-30-16-7-10-21-37(30)46(41(32)34)39-25-23-33-31-17-8-9-20-36(31)45(38)42(33)40(39)43/h1-26H. The summed E-state index contributed by atoms with van der Waals surface area (Å²) in [6, 6.07) is 58.0. The Kier molecular flexibility index (Phi) is 4.66. The van der Waals surface area contributed by atoms with Crippen molar-refractivity contribution in [2.24, 2.45) is 0 Å². The maximum Gasteiger partial charge on any atom is 0.252 e. The third-order valence-electron chi connectivity index (χ3n) is 10.3. The highest BCUT2D eigenvalue weighted by atomic mass is 15.1. The molecule has 212 valence electrons. The monoisotopic (exact) mass is 583 g/mol. The molecule has 2 aromatic heterocycles. The second kappa shape index (κ2) is 8.80. The SMILES string of the molecule is c1ccc(N(c2ccccc2)c2ccc3c(c2)B2c4cccc5c6ccccc6n(c45)-c4ccc5c6ccccc6n-3c5c42)cc1. The predicted octanol–water partition coefficient (Wildman–Crippen LogP) is 8.49. The molecule has 11 rings (SSSR count). The van der Waals surface area contributed by atoms with E-state index in [1.54, 1.807) is 0 Å². The van der Waals surface area contributed by atoms with Crippen LogP contribution in [0.15, 0.2) is 158 Å². The van der Waals surface area contributed by atoms with Crippen LogP contribution in [0.2, 0.25) is 0 Å². The lowest BCUT2D eigenvalue weighted by molar-refractivity contribution is 1.16. The molecule has 0 bridgehead atoms. The van der Waals surface area contributed by atoms with Gasteiger partial charge < -0.3 is 14.0 Å². The molecule has 2 aliphatic rings. The summed E-state index contributed by atoms with van der Waals surface area (Å²) >= 11 is 0. The third-order valence-corrected chi connectivity index (χ3v) is 10.3. The normalized spacial score (nSPS) is 12.7. The number of hydrogen-bond acceptors (Lipinski definition) is 1. The van der Waals surface area contributed by atoms with Crippen molar-refractivity contribution in [1.29, 1.82) is 0 Å². The Hall–Kier alpha value is -6.00. The van der Waals surface area contributed by atoms with E-state index in [4.69, 9.17) is 0 Å². The molecule has 0 spiro atoms. The Morgan fingerprint density at radius 3 is 1.65 bits per heavy atom. The van der Waals surface area contributed by atoms with E-state index in [9.17, 15) is 0 Å². The third kappa shape index (κ3) is 2.99. The van der Waals surface area contributed by atoms with Crippen molar-refractivity contribution < 1.29 is 0 Å². The molecular formula is C42H26BN3. The van der Waals surface area contributed by atoms with E-state index in [2.05, 4.69) is 172 Å². The first kappa shape index (κ1) is 24.3. The Morgan fingerprint density at radius 2 is 0.957 bits per heavy atom. The summed E-state index contributed by atoms with van der Waals surface area (Å²) < 4.78 is 5.06. The second-order valence-electron chi connectivity index (χ2n) is 12.5. The molecule has 4 heteroatoms. The topological polar surface area (TPSA) is 13.1 Å². The number of rotatable bonds is 3. The number of fused-ring (bicyclic) bond motifs is 11. The number of benzene rings is 7. The molecule has 0 amide bonds. The second-order valence-corrected chi connectivity index (χ2v) is 12.5. The fourth-order valence-electron chi connectivity index (χ4n) is 8.53. The fraction of sp³-hybridized carbons (Fsp3) is 0. The van der Waals surface area contributed by atoms with Crippen LogP contribution >= 0.6 is 0 Å². The van der Waals surface area contributed by atoms with Crippen LogP contribution in [0.5, 0.6) is 0 Å². The Balaban J connectivity index is 1.30. The van der Waals surface area contributed by atoms with Crippen molar-refractivity contribution in [3.05, 3.63) is 158 Å². The van der Waals surface area contributed by atoms with Crippen LogP contribution < -0.4 is 21.3 Å². The van der Waals surface area contributed by atoms with Crippen LogP contribution in [-0.2, 0) is 0 Å². The van der Waals surface area contributed by atoms with Gasteiger partial charge in [0.05, 0.1) is 16.6 Å². The minimum atomic E-state index is 0.0966. The number of para-hydroxylation sites is 5. The van der Waals surface area contributed by atoms with Gasteiger partial charge in [0, 0.05) is 55.5 Å². The molecule has 9 aromatic rings. The zero-order chi connectivity index (χ0) is 29.9. The van der Waals surface area contributed by atoms with Crippen molar-refractivity contribution in [2.75, 3.05) is 4.90 Å². The minimum Gasteiger partial charge on any atom is -0.311 e. The van der Waals surface area contributed by atoms with Crippen molar-refractivity contribution in [3.8, 4) is 11.4 Å². The smallest absolute Gasteiger partial charge is 0.252 e. The molecule has 0 aliphatic carbocycles. The molecule has 4 heterocycles. The highest BCUT2D eigenvalue weighted by molar-refractivity contribution is 7.00. The summed E-state index contributed by atoms with van der Waals surface area (Å²) in [4.78, 5) is 2.38. The van der Waals surface area contributed by atoms with Gasteiger partial charge in [0.2, 0.25) is 0 Å². The molecule has 0 unspecified atom stereocenters. The Labute approximate surface area is 266 Å². The molecule has 0 radical (unpaired) electrons. The lowest BCUT2D eigenvalue weighted by Crippen LogP contribution is -2.59. The van der Waals surface area contributed by atoms with Gasteiger partial charge in [-0.05, 0) is 77.1 Å². The molecule has 0 saturated carbocycles. The molecule has 46 heavy (non-hydrogen) atoms. The highest BCUT2D eigenvalue weighted by Crippen LogP contribution is 2.41.